The highest BCUT2D eigenvalue weighted by atomic mass is 32.2. The van der Waals surface area contributed by atoms with Crippen molar-refractivity contribution in [3.8, 4) is 0 Å². The summed E-state index contributed by atoms with van der Waals surface area (Å²) < 4.78 is 5.44. The van der Waals surface area contributed by atoms with Crippen molar-refractivity contribution in [1.82, 2.24) is 4.90 Å². The summed E-state index contributed by atoms with van der Waals surface area (Å²) in [5.74, 6) is 0.00176. The van der Waals surface area contributed by atoms with Gasteiger partial charge >= 0.3 is 0 Å². The van der Waals surface area contributed by atoms with Crippen LogP contribution in [-0.4, -0.2) is 54.1 Å². The maximum atomic E-state index is 12.5. The first-order valence-corrected chi connectivity index (χ1v) is 7.55. The van der Waals surface area contributed by atoms with Gasteiger partial charge in [0.25, 0.3) is 5.91 Å². The van der Waals surface area contributed by atoms with Gasteiger partial charge in [-0.25, -0.2) is 0 Å². The van der Waals surface area contributed by atoms with Crippen LogP contribution in [0.15, 0.2) is 29.2 Å². The monoisotopic (exact) mass is 281 g/mol. The molecule has 4 nitrogen and oxygen atoms in total. The van der Waals surface area contributed by atoms with Crippen LogP contribution in [0.4, 0.5) is 0 Å². The molecule has 1 N–H and O–H groups in total. The molecule has 0 spiro atoms. The number of carbonyl (C=O) groups excluding carboxylic acids is 1. The van der Waals surface area contributed by atoms with Crippen LogP contribution in [0.1, 0.15) is 17.3 Å². The number of thioether (sulfide) groups is 1. The number of hydrogen-bond acceptors (Lipinski definition) is 4. The largest absolute Gasteiger partial charge is 0.394 e. The van der Waals surface area contributed by atoms with E-state index in [9.17, 15) is 4.79 Å². The molecule has 2 unspecified atom stereocenters. The van der Waals surface area contributed by atoms with Gasteiger partial charge in [-0.1, -0.05) is 0 Å². The molecule has 2 atom stereocenters. The van der Waals surface area contributed by atoms with Gasteiger partial charge in [0.1, 0.15) is 0 Å². The molecule has 1 aliphatic heterocycles. The Balaban J connectivity index is 2.12. The zero-order chi connectivity index (χ0) is 13.8. The average molecular weight is 281 g/mol. The first-order valence-electron chi connectivity index (χ1n) is 6.33. The third-order valence-corrected chi connectivity index (χ3v) is 4.05. The molecule has 1 saturated heterocycles. The van der Waals surface area contributed by atoms with E-state index in [2.05, 4.69) is 0 Å². The minimum atomic E-state index is -0.273. The van der Waals surface area contributed by atoms with E-state index in [4.69, 9.17) is 9.84 Å². The molecule has 1 amide bonds. The summed E-state index contributed by atoms with van der Waals surface area (Å²) in [5.41, 5.74) is 0.684. The normalized spacial score (nSPS) is 23.4. The standard InChI is InChI=1S/C14H19NO3S/c1-10-9-18-12(8-16)7-15(10)14(17)11-3-5-13(19-2)6-4-11/h3-6,10,12,16H,7-9H2,1-2H3. The fourth-order valence-electron chi connectivity index (χ4n) is 2.11. The number of aliphatic hydroxyl groups is 1. The van der Waals surface area contributed by atoms with Gasteiger partial charge in [-0.3, -0.25) is 4.79 Å². The van der Waals surface area contributed by atoms with Crippen LogP contribution >= 0.6 is 11.8 Å². The van der Waals surface area contributed by atoms with Gasteiger partial charge < -0.3 is 14.7 Å². The molecule has 0 aromatic heterocycles. The van der Waals surface area contributed by atoms with Crippen molar-refractivity contribution in [2.75, 3.05) is 26.0 Å². The van der Waals surface area contributed by atoms with Crippen LogP contribution in [0.2, 0.25) is 0 Å². The summed E-state index contributed by atoms with van der Waals surface area (Å²) in [4.78, 5) is 15.4. The van der Waals surface area contributed by atoms with E-state index in [1.165, 1.54) is 0 Å². The van der Waals surface area contributed by atoms with E-state index in [1.807, 2.05) is 37.4 Å². The molecular formula is C14H19NO3S. The number of amides is 1. The molecule has 1 aliphatic rings. The smallest absolute Gasteiger partial charge is 0.254 e. The lowest BCUT2D eigenvalue weighted by Crippen LogP contribution is -2.52. The second kappa shape index (κ2) is 6.41. The van der Waals surface area contributed by atoms with E-state index in [-0.39, 0.29) is 24.7 Å². The van der Waals surface area contributed by atoms with E-state index < -0.39 is 0 Å². The second-order valence-electron chi connectivity index (χ2n) is 4.67. The summed E-state index contributed by atoms with van der Waals surface area (Å²) in [7, 11) is 0. The maximum Gasteiger partial charge on any atom is 0.254 e. The molecule has 1 fully saturated rings. The Morgan fingerprint density at radius 3 is 2.74 bits per heavy atom. The lowest BCUT2D eigenvalue weighted by molar-refractivity contribution is -0.0667. The molecule has 0 saturated carbocycles. The van der Waals surface area contributed by atoms with Crippen molar-refractivity contribution in [2.45, 2.75) is 24.0 Å². The summed E-state index contributed by atoms with van der Waals surface area (Å²) >= 11 is 1.65. The van der Waals surface area contributed by atoms with Gasteiger partial charge in [-0.05, 0) is 37.4 Å². The third kappa shape index (κ3) is 3.29. The van der Waals surface area contributed by atoms with Gasteiger partial charge in [0.05, 0.1) is 25.4 Å². The summed E-state index contributed by atoms with van der Waals surface area (Å²) in [6.07, 6.45) is 1.73. The van der Waals surface area contributed by atoms with E-state index >= 15 is 0 Å². The fourth-order valence-corrected chi connectivity index (χ4v) is 2.52. The number of rotatable bonds is 3. The highest BCUT2D eigenvalue weighted by Crippen LogP contribution is 2.19. The zero-order valence-corrected chi connectivity index (χ0v) is 12.0. The minimum absolute atomic E-state index is 0.00176. The minimum Gasteiger partial charge on any atom is -0.394 e. The predicted molar refractivity (Wildman–Crippen MR) is 75.5 cm³/mol. The molecule has 104 valence electrons. The van der Waals surface area contributed by atoms with Crippen molar-refractivity contribution in [1.29, 1.82) is 0 Å². The lowest BCUT2D eigenvalue weighted by Gasteiger charge is -2.37. The van der Waals surface area contributed by atoms with E-state index in [0.29, 0.717) is 18.7 Å². The Bertz CT molecular complexity index is 435. The number of nitrogens with zero attached hydrogens (tertiary/aromatic N) is 1. The van der Waals surface area contributed by atoms with Crippen LogP contribution in [0.5, 0.6) is 0 Å². The lowest BCUT2D eigenvalue weighted by atomic mass is 10.1. The Hall–Kier alpha value is -1.04. The average Bonchev–Trinajstić information content (AvgIpc) is 2.47. The van der Waals surface area contributed by atoms with Crippen LogP contribution in [0, 0.1) is 0 Å². The maximum absolute atomic E-state index is 12.5. The van der Waals surface area contributed by atoms with E-state index in [0.717, 1.165) is 4.90 Å². The Kier molecular flexibility index (Phi) is 4.85. The van der Waals surface area contributed by atoms with Gasteiger partial charge in [0.2, 0.25) is 0 Å². The zero-order valence-electron chi connectivity index (χ0n) is 11.2. The molecular weight excluding hydrogens is 262 g/mol. The Morgan fingerprint density at radius 1 is 1.47 bits per heavy atom. The van der Waals surface area contributed by atoms with Crippen molar-refractivity contribution in [3.63, 3.8) is 0 Å². The van der Waals surface area contributed by atoms with E-state index in [1.54, 1.807) is 16.7 Å². The molecule has 0 bridgehead atoms. The quantitative estimate of drug-likeness (QED) is 0.856. The van der Waals surface area contributed by atoms with Gasteiger partial charge in [0, 0.05) is 17.0 Å². The molecule has 1 aromatic carbocycles. The van der Waals surface area contributed by atoms with Gasteiger partial charge in [0.15, 0.2) is 0 Å². The second-order valence-corrected chi connectivity index (χ2v) is 5.55. The van der Waals surface area contributed by atoms with Crippen molar-refractivity contribution >= 4 is 17.7 Å². The van der Waals surface area contributed by atoms with Crippen LogP contribution in [0.25, 0.3) is 0 Å². The number of ether oxygens (including phenoxy) is 1. The highest BCUT2D eigenvalue weighted by molar-refractivity contribution is 7.98. The van der Waals surface area contributed by atoms with Crippen LogP contribution in [0.3, 0.4) is 0 Å². The fraction of sp³-hybridized carbons (Fsp3) is 0.500. The highest BCUT2D eigenvalue weighted by Gasteiger charge is 2.29. The third-order valence-electron chi connectivity index (χ3n) is 3.31. The Labute approximate surface area is 117 Å². The first-order chi connectivity index (χ1) is 9.15. The van der Waals surface area contributed by atoms with Crippen LogP contribution in [-0.2, 0) is 4.74 Å². The van der Waals surface area contributed by atoms with Gasteiger partial charge in [-0.2, -0.15) is 0 Å². The molecule has 19 heavy (non-hydrogen) atoms. The van der Waals surface area contributed by atoms with Crippen molar-refractivity contribution in [2.24, 2.45) is 0 Å². The summed E-state index contributed by atoms with van der Waals surface area (Å²) in [6, 6.07) is 7.64. The predicted octanol–water partition coefficient (Wildman–Crippen LogP) is 1.63. The molecule has 2 rings (SSSR count). The molecule has 0 radical (unpaired) electrons. The number of morpholine rings is 1. The number of hydrogen-bond donors (Lipinski definition) is 1. The summed E-state index contributed by atoms with van der Waals surface area (Å²) in [5, 5.41) is 9.15. The number of benzene rings is 1. The molecule has 1 heterocycles. The molecule has 0 aliphatic carbocycles. The SMILES string of the molecule is CSc1ccc(C(=O)N2CC(CO)OCC2C)cc1. The van der Waals surface area contributed by atoms with Crippen LogP contribution < -0.4 is 0 Å². The van der Waals surface area contributed by atoms with Gasteiger partial charge in [-0.15, -0.1) is 11.8 Å². The summed E-state index contributed by atoms with van der Waals surface area (Å²) in [6.45, 7) is 2.82. The number of carbonyl (C=O) groups is 1. The first kappa shape index (κ1) is 14.4. The van der Waals surface area contributed by atoms with Crippen molar-refractivity contribution < 1.29 is 14.6 Å². The number of aliphatic hydroxyl groups excluding tert-OH is 1. The van der Waals surface area contributed by atoms with Crippen molar-refractivity contribution in [3.05, 3.63) is 29.8 Å². The molecule has 5 heteroatoms. The molecule has 1 aromatic rings. The Morgan fingerprint density at radius 2 is 2.16 bits per heavy atom. The topological polar surface area (TPSA) is 49.8 Å².